The molecule has 0 spiro atoms. The normalized spacial score (nSPS) is 15.3. The molecule has 0 amide bonds. The average molecular weight is 427 g/mol. The van der Waals surface area contributed by atoms with E-state index in [0.29, 0.717) is 0 Å². The molecule has 3 aromatic carbocycles. The number of hydrogen-bond acceptors (Lipinski definition) is 1. The van der Waals surface area contributed by atoms with Crippen LogP contribution in [0.5, 0.6) is 0 Å². The van der Waals surface area contributed by atoms with Crippen molar-refractivity contribution in [3.8, 4) is 0 Å². The van der Waals surface area contributed by atoms with Crippen LogP contribution in [0.2, 0.25) is 0 Å². The van der Waals surface area contributed by atoms with Crippen LogP contribution in [-0.2, 0) is 6.18 Å². The van der Waals surface area contributed by atoms with E-state index in [4.69, 9.17) is 0 Å². The highest BCUT2D eigenvalue weighted by Gasteiger charge is 2.36. The lowest BCUT2D eigenvalue weighted by Gasteiger charge is -2.30. The Kier molecular flexibility index (Phi) is 6.43. The first-order valence-electron chi connectivity index (χ1n) is 10.4. The molecule has 0 saturated heterocycles. The fourth-order valence-electron chi connectivity index (χ4n) is 4.15. The van der Waals surface area contributed by atoms with Crippen LogP contribution in [0.25, 0.3) is 0 Å². The van der Waals surface area contributed by atoms with Gasteiger partial charge in [-0.25, -0.2) is 0 Å². The standard InChI is InChI=1S/C25H25F3NP/c26-25(27,28)22-17-10-18-23(24(22)29-19-11-4-1-5-12-19)30(20-13-6-2-7-14-20)21-15-8-3-9-16-21/h2-3,6-10,13-19,29H,1,4-5,11-12H2. The zero-order valence-corrected chi connectivity index (χ0v) is 17.6. The molecule has 1 aliphatic rings. The summed E-state index contributed by atoms with van der Waals surface area (Å²) in [4.78, 5) is 0. The van der Waals surface area contributed by atoms with Gasteiger partial charge in [0.1, 0.15) is 0 Å². The minimum Gasteiger partial charge on any atom is -0.381 e. The molecule has 0 aromatic heterocycles. The monoisotopic (exact) mass is 427 g/mol. The summed E-state index contributed by atoms with van der Waals surface area (Å²) in [5.74, 6) is 0. The van der Waals surface area contributed by atoms with Gasteiger partial charge in [0.15, 0.2) is 0 Å². The summed E-state index contributed by atoms with van der Waals surface area (Å²) in [6, 6.07) is 24.5. The minimum absolute atomic E-state index is 0.0874. The van der Waals surface area contributed by atoms with Crippen molar-refractivity contribution in [2.75, 3.05) is 5.32 Å². The van der Waals surface area contributed by atoms with Crippen molar-refractivity contribution in [1.82, 2.24) is 0 Å². The van der Waals surface area contributed by atoms with Gasteiger partial charge in [-0.1, -0.05) is 92.1 Å². The molecule has 1 nitrogen and oxygen atoms in total. The number of halogens is 3. The number of nitrogens with one attached hydrogen (secondary N) is 1. The van der Waals surface area contributed by atoms with Crippen molar-refractivity contribution in [3.63, 3.8) is 0 Å². The topological polar surface area (TPSA) is 12.0 Å². The summed E-state index contributed by atoms with van der Waals surface area (Å²) in [7, 11) is -1.12. The zero-order chi connectivity index (χ0) is 21.0. The van der Waals surface area contributed by atoms with Crippen LogP contribution in [-0.4, -0.2) is 6.04 Å². The lowest BCUT2D eigenvalue weighted by molar-refractivity contribution is -0.136. The van der Waals surface area contributed by atoms with Crippen molar-refractivity contribution in [1.29, 1.82) is 0 Å². The SMILES string of the molecule is FC(F)(F)c1cccc(P(c2ccccc2)c2ccccc2)c1NC1CCCCC1. The molecule has 1 aliphatic carbocycles. The molecule has 5 heteroatoms. The molecule has 0 atom stereocenters. The lowest BCUT2D eigenvalue weighted by atomic mass is 9.95. The number of rotatable bonds is 5. The first-order chi connectivity index (χ1) is 14.5. The molecule has 1 saturated carbocycles. The zero-order valence-electron chi connectivity index (χ0n) is 16.7. The molecule has 3 aromatic rings. The van der Waals surface area contributed by atoms with Crippen LogP contribution >= 0.6 is 7.92 Å². The number of para-hydroxylation sites is 1. The Morgan fingerprint density at radius 3 is 1.80 bits per heavy atom. The van der Waals surface area contributed by atoms with Gasteiger partial charge in [-0.3, -0.25) is 0 Å². The van der Waals surface area contributed by atoms with Crippen LogP contribution in [0.3, 0.4) is 0 Å². The van der Waals surface area contributed by atoms with Gasteiger partial charge in [-0.05, 0) is 37.4 Å². The summed E-state index contributed by atoms with van der Waals surface area (Å²) in [6.07, 6.45) is 0.717. The summed E-state index contributed by atoms with van der Waals surface area (Å²) in [5.41, 5.74) is -0.305. The number of hydrogen-bond donors (Lipinski definition) is 1. The van der Waals surface area contributed by atoms with Gasteiger partial charge >= 0.3 is 6.18 Å². The van der Waals surface area contributed by atoms with E-state index in [1.54, 1.807) is 6.07 Å². The van der Waals surface area contributed by atoms with Crippen molar-refractivity contribution in [2.45, 2.75) is 44.3 Å². The van der Waals surface area contributed by atoms with Gasteiger partial charge in [0.05, 0.1) is 11.3 Å². The third-order valence-corrected chi connectivity index (χ3v) is 8.05. The maximum absolute atomic E-state index is 14.0. The van der Waals surface area contributed by atoms with E-state index in [0.717, 1.165) is 48.0 Å². The van der Waals surface area contributed by atoms with E-state index in [-0.39, 0.29) is 11.7 Å². The summed E-state index contributed by atoms with van der Waals surface area (Å²) < 4.78 is 42.1. The first-order valence-corrected chi connectivity index (χ1v) is 11.7. The number of anilines is 1. The Morgan fingerprint density at radius 2 is 1.27 bits per heavy atom. The Hall–Kier alpha value is -2.32. The van der Waals surface area contributed by atoms with Crippen LogP contribution in [0.15, 0.2) is 78.9 Å². The fraction of sp³-hybridized carbons (Fsp3) is 0.280. The van der Waals surface area contributed by atoms with E-state index < -0.39 is 19.7 Å². The van der Waals surface area contributed by atoms with E-state index >= 15 is 0 Å². The van der Waals surface area contributed by atoms with E-state index in [1.165, 1.54) is 6.07 Å². The molecule has 30 heavy (non-hydrogen) atoms. The second-order valence-electron chi connectivity index (χ2n) is 7.68. The van der Waals surface area contributed by atoms with Gasteiger partial charge in [0, 0.05) is 11.3 Å². The van der Waals surface area contributed by atoms with Gasteiger partial charge in [0.2, 0.25) is 0 Å². The van der Waals surface area contributed by atoms with Gasteiger partial charge in [-0.2, -0.15) is 13.2 Å². The predicted octanol–water partition coefficient (Wildman–Crippen LogP) is 6.21. The van der Waals surface area contributed by atoms with Gasteiger partial charge < -0.3 is 5.32 Å². The highest BCUT2D eigenvalue weighted by Crippen LogP contribution is 2.42. The first kappa shape index (κ1) is 20.9. The van der Waals surface area contributed by atoms with Gasteiger partial charge in [-0.15, -0.1) is 0 Å². The molecule has 156 valence electrons. The molecule has 1 fully saturated rings. The second kappa shape index (κ2) is 9.22. The average Bonchev–Trinajstić information content (AvgIpc) is 2.76. The molecular formula is C25H25F3NP. The molecule has 0 radical (unpaired) electrons. The largest absolute Gasteiger partial charge is 0.418 e. The minimum atomic E-state index is -4.40. The molecule has 0 aliphatic heterocycles. The molecule has 0 unspecified atom stereocenters. The predicted molar refractivity (Wildman–Crippen MR) is 121 cm³/mol. The van der Waals surface area contributed by atoms with Crippen LogP contribution in [0.1, 0.15) is 37.7 Å². The molecule has 4 rings (SSSR count). The lowest BCUT2D eigenvalue weighted by Crippen LogP contribution is -2.30. The van der Waals surface area contributed by atoms with Crippen molar-refractivity contribution in [2.24, 2.45) is 0 Å². The third kappa shape index (κ3) is 4.70. The van der Waals surface area contributed by atoms with Crippen LogP contribution < -0.4 is 21.2 Å². The molecular weight excluding hydrogens is 402 g/mol. The van der Waals surface area contributed by atoms with Crippen molar-refractivity contribution >= 4 is 29.5 Å². The number of benzene rings is 3. The summed E-state index contributed by atoms with van der Waals surface area (Å²) >= 11 is 0. The second-order valence-corrected chi connectivity index (χ2v) is 9.87. The van der Waals surface area contributed by atoms with E-state index in [1.807, 2.05) is 66.7 Å². The van der Waals surface area contributed by atoms with Crippen molar-refractivity contribution < 1.29 is 13.2 Å². The maximum atomic E-state index is 14.0. The van der Waals surface area contributed by atoms with E-state index in [9.17, 15) is 13.2 Å². The Morgan fingerprint density at radius 1 is 0.700 bits per heavy atom. The molecule has 0 heterocycles. The van der Waals surface area contributed by atoms with Crippen LogP contribution in [0.4, 0.5) is 18.9 Å². The van der Waals surface area contributed by atoms with Crippen molar-refractivity contribution in [3.05, 3.63) is 84.4 Å². The van der Waals surface area contributed by atoms with Gasteiger partial charge in [0.25, 0.3) is 0 Å². The third-order valence-electron chi connectivity index (χ3n) is 5.57. The molecule has 0 bridgehead atoms. The summed E-state index contributed by atoms with van der Waals surface area (Å²) in [5, 5.41) is 6.17. The Labute approximate surface area is 177 Å². The maximum Gasteiger partial charge on any atom is 0.418 e. The quantitative estimate of drug-likeness (QED) is 0.478. The highest BCUT2D eigenvalue weighted by molar-refractivity contribution is 7.80. The summed E-state index contributed by atoms with van der Waals surface area (Å²) in [6.45, 7) is 0. The highest BCUT2D eigenvalue weighted by atomic mass is 31.1. The Balaban J connectivity index is 1.88. The van der Waals surface area contributed by atoms with E-state index in [2.05, 4.69) is 5.32 Å². The number of alkyl halides is 3. The smallest absolute Gasteiger partial charge is 0.381 e. The Bertz CT molecular complexity index is 912. The molecule has 1 N–H and O–H groups in total. The van der Waals surface area contributed by atoms with Crippen LogP contribution in [0, 0.1) is 0 Å². The fourth-order valence-corrected chi connectivity index (χ4v) is 6.59.